The Labute approximate surface area is 99.6 Å². The van der Waals surface area contributed by atoms with Crippen LogP contribution in [0.1, 0.15) is 40.0 Å². The van der Waals surface area contributed by atoms with E-state index in [0.717, 1.165) is 6.04 Å². The lowest BCUT2D eigenvalue weighted by atomic mass is 9.73. The van der Waals surface area contributed by atoms with E-state index in [-0.39, 0.29) is 0 Å². The summed E-state index contributed by atoms with van der Waals surface area (Å²) < 4.78 is 2.52. The minimum absolute atomic E-state index is 0.582. The molecule has 0 aromatic heterocycles. The second kappa shape index (κ2) is 4.23. The molecular formula is C14H25N2+. The SMILES string of the molecule is C=C(C)N1CCC2(CC1)CC[N+](=CC)[C@H]2C. The fraction of sp³-hybridized carbons (Fsp3) is 0.786. The Morgan fingerprint density at radius 1 is 1.38 bits per heavy atom. The van der Waals surface area contributed by atoms with E-state index in [9.17, 15) is 0 Å². The van der Waals surface area contributed by atoms with Crippen molar-refractivity contribution in [2.24, 2.45) is 5.41 Å². The Hall–Kier alpha value is -0.790. The fourth-order valence-electron chi connectivity index (χ4n) is 3.46. The summed E-state index contributed by atoms with van der Waals surface area (Å²) >= 11 is 0. The van der Waals surface area contributed by atoms with Crippen LogP contribution < -0.4 is 0 Å². The lowest BCUT2D eigenvalue weighted by Gasteiger charge is -2.40. The molecule has 2 rings (SSSR count). The smallest absolute Gasteiger partial charge is 0.155 e. The van der Waals surface area contributed by atoms with Crippen LogP contribution in [0.5, 0.6) is 0 Å². The molecule has 0 aliphatic carbocycles. The number of hydrogen-bond acceptors (Lipinski definition) is 1. The zero-order valence-electron chi connectivity index (χ0n) is 11.0. The molecule has 0 bridgehead atoms. The number of nitrogens with zero attached hydrogens (tertiary/aromatic N) is 2. The number of hydrogen-bond donors (Lipinski definition) is 0. The maximum absolute atomic E-state index is 4.05. The van der Waals surface area contributed by atoms with E-state index < -0.39 is 0 Å². The van der Waals surface area contributed by atoms with Gasteiger partial charge in [0.05, 0.1) is 0 Å². The average molecular weight is 221 g/mol. The van der Waals surface area contributed by atoms with Gasteiger partial charge in [0.1, 0.15) is 12.8 Å². The van der Waals surface area contributed by atoms with Gasteiger partial charge in [0.2, 0.25) is 0 Å². The van der Waals surface area contributed by atoms with Gasteiger partial charge in [0.15, 0.2) is 6.04 Å². The molecule has 2 aliphatic rings. The molecule has 16 heavy (non-hydrogen) atoms. The molecule has 0 aromatic carbocycles. The predicted octanol–water partition coefficient (Wildman–Crippen LogP) is 2.50. The summed E-state index contributed by atoms with van der Waals surface area (Å²) in [6, 6.07) is 0.727. The molecule has 90 valence electrons. The maximum atomic E-state index is 4.05. The summed E-state index contributed by atoms with van der Waals surface area (Å²) in [4.78, 5) is 2.44. The Bertz CT molecular complexity index is 309. The van der Waals surface area contributed by atoms with Gasteiger partial charge >= 0.3 is 0 Å². The van der Waals surface area contributed by atoms with Gasteiger partial charge in [-0.15, -0.1) is 0 Å². The average Bonchev–Trinajstić information content (AvgIpc) is 2.58. The molecule has 0 amide bonds. The molecule has 2 nitrogen and oxygen atoms in total. The first kappa shape index (κ1) is 11.7. The van der Waals surface area contributed by atoms with Crippen LogP contribution in [0, 0.1) is 5.41 Å². The third kappa shape index (κ3) is 1.79. The molecule has 2 heterocycles. The van der Waals surface area contributed by atoms with Crippen molar-refractivity contribution in [1.82, 2.24) is 4.90 Å². The van der Waals surface area contributed by atoms with Crippen molar-refractivity contribution in [3.8, 4) is 0 Å². The van der Waals surface area contributed by atoms with E-state index in [2.05, 4.69) is 43.0 Å². The summed E-state index contributed by atoms with van der Waals surface area (Å²) in [5.74, 6) is 0. The highest BCUT2D eigenvalue weighted by Crippen LogP contribution is 2.43. The van der Waals surface area contributed by atoms with Gasteiger partial charge in [-0.2, -0.15) is 0 Å². The van der Waals surface area contributed by atoms with E-state index in [1.807, 2.05) is 0 Å². The zero-order valence-corrected chi connectivity index (χ0v) is 11.0. The van der Waals surface area contributed by atoms with Gasteiger partial charge in [-0.1, -0.05) is 6.58 Å². The topological polar surface area (TPSA) is 6.25 Å². The lowest BCUT2D eigenvalue weighted by Crippen LogP contribution is -2.43. The van der Waals surface area contributed by atoms with Gasteiger partial charge in [-0.25, -0.2) is 4.58 Å². The van der Waals surface area contributed by atoms with Gasteiger partial charge < -0.3 is 4.90 Å². The summed E-state index contributed by atoms with van der Waals surface area (Å²) in [7, 11) is 0. The Morgan fingerprint density at radius 2 is 2.00 bits per heavy atom. The molecule has 0 radical (unpaired) electrons. The molecule has 2 saturated heterocycles. The van der Waals surface area contributed by atoms with Crippen molar-refractivity contribution in [2.45, 2.75) is 46.1 Å². The number of rotatable bonds is 1. The van der Waals surface area contributed by atoms with Crippen LogP contribution in [0.15, 0.2) is 12.3 Å². The number of likely N-dealkylation sites (tertiary alicyclic amines) is 1. The molecule has 2 aliphatic heterocycles. The maximum Gasteiger partial charge on any atom is 0.155 e. The molecule has 2 fully saturated rings. The fourth-order valence-corrected chi connectivity index (χ4v) is 3.46. The van der Waals surface area contributed by atoms with Gasteiger partial charge in [-0.3, -0.25) is 0 Å². The van der Waals surface area contributed by atoms with Gasteiger partial charge in [-0.05, 0) is 26.7 Å². The standard InChI is InChI=1S/C14H25N2/c1-5-15-9-6-14(13(15)4)7-10-16(11-8-14)12(2)3/h5,13H,2,6-11H2,1,3-4H3/q+1/t13-/m0/s1. The molecule has 0 unspecified atom stereocenters. The Kier molecular flexibility index (Phi) is 3.09. The van der Waals surface area contributed by atoms with Crippen LogP contribution >= 0.6 is 0 Å². The molecule has 1 spiro atoms. The first-order valence-corrected chi connectivity index (χ1v) is 6.55. The minimum Gasteiger partial charge on any atom is -0.375 e. The molecular weight excluding hydrogens is 196 g/mol. The van der Waals surface area contributed by atoms with Crippen molar-refractivity contribution < 1.29 is 4.58 Å². The zero-order chi connectivity index (χ0) is 11.8. The van der Waals surface area contributed by atoms with Crippen LogP contribution in [-0.2, 0) is 0 Å². The van der Waals surface area contributed by atoms with Crippen LogP contribution in [0.25, 0.3) is 0 Å². The van der Waals surface area contributed by atoms with E-state index in [4.69, 9.17) is 0 Å². The van der Waals surface area contributed by atoms with Crippen LogP contribution in [0.2, 0.25) is 0 Å². The summed E-state index contributed by atoms with van der Waals surface area (Å²) in [5.41, 5.74) is 1.82. The first-order chi connectivity index (χ1) is 7.59. The van der Waals surface area contributed by atoms with Crippen molar-refractivity contribution in [1.29, 1.82) is 0 Å². The quantitative estimate of drug-likeness (QED) is 0.617. The Balaban J connectivity index is 2.05. The second-order valence-corrected chi connectivity index (χ2v) is 5.51. The third-order valence-corrected chi connectivity index (χ3v) is 4.88. The molecule has 0 saturated carbocycles. The highest BCUT2D eigenvalue weighted by Gasteiger charge is 2.49. The molecule has 0 N–H and O–H groups in total. The van der Waals surface area contributed by atoms with Crippen molar-refractivity contribution in [3.63, 3.8) is 0 Å². The van der Waals surface area contributed by atoms with E-state index >= 15 is 0 Å². The Morgan fingerprint density at radius 3 is 2.44 bits per heavy atom. The largest absolute Gasteiger partial charge is 0.375 e. The summed E-state index contributed by atoms with van der Waals surface area (Å²) in [5, 5.41) is 0. The highest BCUT2D eigenvalue weighted by molar-refractivity contribution is 5.47. The predicted molar refractivity (Wildman–Crippen MR) is 69.0 cm³/mol. The summed E-state index contributed by atoms with van der Waals surface area (Å²) in [6.45, 7) is 14.4. The lowest BCUT2D eigenvalue weighted by molar-refractivity contribution is -0.545. The molecule has 1 atom stereocenters. The minimum atomic E-state index is 0.582. The molecule has 2 heteroatoms. The van der Waals surface area contributed by atoms with Crippen LogP contribution in [0.4, 0.5) is 0 Å². The van der Waals surface area contributed by atoms with Crippen LogP contribution in [-0.4, -0.2) is 41.4 Å². The third-order valence-electron chi connectivity index (χ3n) is 4.88. The summed E-state index contributed by atoms with van der Waals surface area (Å²) in [6.07, 6.45) is 6.32. The van der Waals surface area contributed by atoms with Gasteiger partial charge in [0.25, 0.3) is 0 Å². The highest BCUT2D eigenvalue weighted by atomic mass is 15.2. The number of allylic oxidation sites excluding steroid dienone is 1. The second-order valence-electron chi connectivity index (χ2n) is 5.51. The van der Waals surface area contributed by atoms with E-state index in [0.29, 0.717) is 5.41 Å². The van der Waals surface area contributed by atoms with E-state index in [1.54, 1.807) is 0 Å². The van der Waals surface area contributed by atoms with Crippen molar-refractivity contribution in [2.75, 3.05) is 19.6 Å². The molecule has 0 aromatic rings. The monoisotopic (exact) mass is 221 g/mol. The van der Waals surface area contributed by atoms with Crippen molar-refractivity contribution in [3.05, 3.63) is 12.3 Å². The van der Waals surface area contributed by atoms with E-state index in [1.165, 1.54) is 44.6 Å². The number of piperidine rings is 1. The normalized spacial score (nSPS) is 31.3. The van der Waals surface area contributed by atoms with Crippen molar-refractivity contribution >= 4 is 6.21 Å². The van der Waals surface area contributed by atoms with Crippen LogP contribution in [0.3, 0.4) is 0 Å². The first-order valence-electron chi connectivity index (χ1n) is 6.55. The van der Waals surface area contributed by atoms with Gasteiger partial charge in [0, 0.05) is 37.5 Å².